The van der Waals surface area contributed by atoms with Crippen molar-refractivity contribution in [1.82, 2.24) is 4.90 Å². The monoisotopic (exact) mass is 657 g/mol. The molecule has 48 heavy (non-hydrogen) atoms. The number of halogens is 2. The van der Waals surface area contributed by atoms with Gasteiger partial charge >= 0.3 is 23.9 Å². The number of likely N-dealkylation sites (tertiary alicyclic amines) is 1. The van der Waals surface area contributed by atoms with Gasteiger partial charge in [-0.2, -0.15) is 0 Å². The lowest BCUT2D eigenvalue weighted by molar-refractivity contribution is -0.166. The lowest BCUT2D eigenvalue weighted by atomic mass is 9.73. The van der Waals surface area contributed by atoms with Gasteiger partial charge in [0.1, 0.15) is 0 Å². The number of fused-ring (bicyclic) bond motifs is 4. The number of piperidine rings is 1. The number of aliphatic carboxylic acids is 2. The Labute approximate surface area is 275 Å². The molecule has 11 heteroatoms. The molecule has 4 aromatic rings. The van der Waals surface area contributed by atoms with Gasteiger partial charge in [-0.25, -0.2) is 28.0 Å². The Morgan fingerprint density at radius 2 is 1.21 bits per heavy atom. The quantitative estimate of drug-likeness (QED) is 0.217. The van der Waals surface area contributed by atoms with E-state index in [1.54, 1.807) is 18.2 Å². The van der Waals surface area contributed by atoms with E-state index in [1.807, 2.05) is 6.07 Å². The molecule has 0 amide bonds. The summed E-state index contributed by atoms with van der Waals surface area (Å²) in [7, 11) is 0. The zero-order valence-corrected chi connectivity index (χ0v) is 25.7. The number of carbonyl (C=O) groups is 4. The molecule has 0 saturated carbocycles. The molecule has 248 valence electrons. The van der Waals surface area contributed by atoms with E-state index in [0.717, 1.165) is 31.6 Å². The summed E-state index contributed by atoms with van der Waals surface area (Å²) in [5, 5.41) is 18.5. The van der Waals surface area contributed by atoms with Gasteiger partial charge in [0.2, 0.25) is 12.2 Å². The largest absolute Gasteiger partial charge is 0.478 e. The number of carboxylic acid groups (broad SMARTS) is 2. The van der Waals surface area contributed by atoms with E-state index in [0.29, 0.717) is 23.8 Å². The smallest absolute Gasteiger partial charge is 0.349 e. The van der Waals surface area contributed by atoms with Crippen LogP contribution >= 0.6 is 0 Å². The van der Waals surface area contributed by atoms with Crippen LogP contribution in [-0.4, -0.2) is 64.3 Å². The molecule has 2 aliphatic rings. The molecular formula is C37H33F2NO8. The zero-order valence-electron chi connectivity index (χ0n) is 25.7. The van der Waals surface area contributed by atoms with Crippen molar-refractivity contribution in [2.45, 2.75) is 37.5 Å². The van der Waals surface area contributed by atoms with Crippen LogP contribution in [0.15, 0.2) is 103 Å². The topological polar surface area (TPSA) is 130 Å². The molecule has 1 aliphatic carbocycles. The lowest BCUT2D eigenvalue weighted by Gasteiger charge is -2.42. The molecule has 1 fully saturated rings. The fraction of sp³-hybridized carbons (Fsp3) is 0.243. The van der Waals surface area contributed by atoms with E-state index in [4.69, 9.17) is 9.47 Å². The van der Waals surface area contributed by atoms with Crippen molar-refractivity contribution in [3.8, 4) is 0 Å². The predicted octanol–water partition coefficient (Wildman–Crippen LogP) is 5.73. The van der Waals surface area contributed by atoms with Gasteiger partial charge in [0, 0.05) is 19.6 Å². The Bertz CT molecular complexity index is 1680. The van der Waals surface area contributed by atoms with Crippen molar-refractivity contribution in [3.05, 3.63) is 143 Å². The van der Waals surface area contributed by atoms with Crippen molar-refractivity contribution in [1.29, 1.82) is 0 Å². The number of hydrogen-bond donors (Lipinski definition) is 2. The van der Waals surface area contributed by atoms with Crippen LogP contribution in [0, 0.1) is 17.6 Å². The van der Waals surface area contributed by atoms with Crippen LogP contribution < -0.4 is 0 Å². The summed E-state index contributed by atoms with van der Waals surface area (Å²) in [4.78, 5) is 49.3. The van der Waals surface area contributed by atoms with Crippen LogP contribution in [0.3, 0.4) is 0 Å². The minimum Gasteiger partial charge on any atom is -0.478 e. The molecule has 6 rings (SSSR count). The van der Waals surface area contributed by atoms with Crippen molar-refractivity contribution >= 4 is 23.9 Å². The summed E-state index contributed by atoms with van der Waals surface area (Å²) in [6.07, 6.45) is -2.66. The third kappa shape index (κ3) is 8.29. The molecule has 1 aliphatic heterocycles. The van der Waals surface area contributed by atoms with Gasteiger partial charge in [-0.1, -0.05) is 72.8 Å². The molecule has 9 nitrogen and oxygen atoms in total. The van der Waals surface area contributed by atoms with Crippen molar-refractivity contribution < 1.29 is 47.6 Å². The number of carbonyl (C=O) groups excluding carboxylic acids is 2. The summed E-state index contributed by atoms with van der Waals surface area (Å²) >= 11 is 0. The van der Waals surface area contributed by atoms with Crippen LogP contribution in [0.2, 0.25) is 0 Å². The fourth-order valence-electron chi connectivity index (χ4n) is 6.13. The zero-order chi connectivity index (χ0) is 34.2. The molecule has 4 atom stereocenters. The molecule has 0 radical (unpaired) electrons. The van der Waals surface area contributed by atoms with E-state index in [-0.39, 0.29) is 11.1 Å². The Morgan fingerprint density at radius 3 is 1.71 bits per heavy atom. The Morgan fingerprint density at radius 1 is 0.708 bits per heavy atom. The molecule has 0 spiro atoms. The number of hydrogen-bond acceptors (Lipinski definition) is 7. The van der Waals surface area contributed by atoms with Gasteiger partial charge in [-0.15, -0.1) is 0 Å². The summed E-state index contributed by atoms with van der Waals surface area (Å²) in [6, 6.07) is 28.4. The highest BCUT2D eigenvalue weighted by atomic mass is 19.2. The number of ether oxygens (including phenoxy) is 2. The molecule has 4 aromatic carbocycles. The molecule has 1 heterocycles. The highest BCUT2D eigenvalue weighted by Crippen LogP contribution is 2.41. The third-order valence-electron chi connectivity index (χ3n) is 8.28. The number of benzene rings is 4. The predicted molar refractivity (Wildman–Crippen MR) is 169 cm³/mol. The van der Waals surface area contributed by atoms with Gasteiger partial charge in [-0.3, -0.25) is 4.90 Å². The van der Waals surface area contributed by atoms with Gasteiger partial charge in [0.15, 0.2) is 11.6 Å². The molecule has 0 aromatic heterocycles. The van der Waals surface area contributed by atoms with Gasteiger partial charge < -0.3 is 19.7 Å². The Balaban J connectivity index is 0.000000190. The minimum atomic E-state index is -2.21. The third-order valence-corrected chi connectivity index (χ3v) is 8.28. The van der Waals surface area contributed by atoms with Gasteiger partial charge in [0.25, 0.3) is 0 Å². The second kappa shape index (κ2) is 15.4. The highest BCUT2D eigenvalue weighted by molar-refractivity contribution is 5.95. The first-order valence-corrected chi connectivity index (χ1v) is 15.3. The highest BCUT2D eigenvalue weighted by Gasteiger charge is 2.41. The maximum absolute atomic E-state index is 14.0. The van der Waals surface area contributed by atoms with Crippen LogP contribution in [0.4, 0.5) is 8.78 Å². The van der Waals surface area contributed by atoms with Gasteiger partial charge in [-0.05, 0) is 71.7 Å². The normalized spacial score (nSPS) is 17.8. The first-order chi connectivity index (χ1) is 23.1. The lowest BCUT2D eigenvalue weighted by Crippen LogP contribution is -2.45. The summed E-state index contributed by atoms with van der Waals surface area (Å²) in [5.74, 6) is -6.19. The second-order valence-electron chi connectivity index (χ2n) is 11.7. The average Bonchev–Trinajstić information content (AvgIpc) is 3.09. The van der Waals surface area contributed by atoms with Crippen LogP contribution in [0.5, 0.6) is 0 Å². The average molecular weight is 658 g/mol. The summed E-state index contributed by atoms with van der Waals surface area (Å²) < 4.78 is 37.0. The Kier molecular flexibility index (Phi) is 10.9. The SMILES string of the molecule is Fc1ccc2c(c1F)C[C@H]1C[C@@H]2CN(Cc2ccccc2)C1.O=C(O[C@@H](C(=O)O)[C@@H](OC(=O)c1ccccc1)C(=O)O)c1ccccc1. The van der Waals surface area contributed by atoms with Gasteiger partial charge in [0.05, 0.1) is 11.1 Å². The van der Waals surface area contributed by atoms with Crippen molar-refractivity contribution in [3.63, 3.8) is 0 Å². The number of nitrogens with zero attached hydrogens (tertiary/aromatic N) is 1. The van der Waals surface area contributed by atoms with E-state index in [9.17, 15) is 38.2 Å². The molecule has 0 unspecified atom stereocenters. The maximum atomic E-state index is 14.0. The summed E-state index contributed by atoms with van der Waals surface area (Å²) in [6.45, 7) is 2.84. The van der Waals surface area contributed by atoms with Crippen molar-refractivity contribution in [2.75, 3.05) is 13.1 Å². The van der Waals surface area contributed by atoms with Crippen LogP contribution in [-0.2, 0) is 32.0 Å². The fourth-order valence-corrected chi connectivity index (χ4v) is 6.13. The van der Waals surface area contributed by atoms with Crippen molar-refractivity contribution in [2.24, 2.45) is 5.92 Å². The van der Waals surface area contributed by atoms with Crippen LogP contribution in [0.25, 0.3) is 0 Å². The molecule has 2 N–H and O–H groups in total. The van der Waals surface area contributed by atoms with E-state index in [2.05, 4.69) is 29.2 Å². The molecule has 2 bridgehead atoms. The Hall–Kier alpha value is -5.42. The number of rotatable bonds is 9. The molecule has 1 saturated heterocycles. The number of carboxylic acids is 2. The van der Waals surface area contributed by atoms with E-state index < -0.39 is 47.7 Å². The standard InChI is InChI=1S/C19H19F2N.C18H14O8/c20-18-7-6-16-15-8-14(9-17(16)19(18)21)11-22(12-15)10-13-4-2-1-3-5-13;19-15(20)13(25-17(23)11-7-3-1-4-8-11)14(16(21)22)26-18(24)12-9-5-2-6-10-12/h1-7,14-15H,8-12H2;1-10,13-14H,(H,19,20)(H,21,22)/t14-,15-;13-,14-/m11/s1. The number of esters is 2. The molecular weight excluding hydrogens is 624 g/mol. The second-order valence-corrected chi connectivity index (χ2v) is 11.7. The van der Waals surface area contributed by atoms with E-state index >= 15 is 0 Å². The first kappa shape index (κ1) is 33.9. The maximum Gasteiger partial charge on any atom is 0.349 e. The minimum absolute atomic E-state index is 0.0253. The first-order valence-electron chi connectivity index (χ1n) is 15.3. The van der Waals surface area contributed by atoms with Crippen LogP contribution in [0.1, 0.15) is 49.7 Å². The van der Waals surface area contributed by atoms with E-state index in [1.165, 1.54) is 60.2 Å². The summed E-state index contributed by atoms with van der Waals surface area (Å²) in [5.41, 5.74) is 3.01.